The van der Waals surface area contributed by atoms with Gasteiger partial charge >= 0.3 is 6.09 Å². The van der Waals surface area contributed by atoms with Crippen LogP contribution in [0.4, 0.5) is 4.79 Å². The van der Waals surface area contributed by atoms with Crippen LogP contribution in [0.3, 0.4) is 0 Å². The first-order chi connectivity index (χ1) is 11.8. The number of nitrogens with zero attached hydrogens (tertiary/aromatic N) is 2. The number of alkyl carbamates (subject to hydrolysis) is 1. The molecule has 2 aromatic rings. The van der Waals surface area contributed by atoms with E-state index in [4.69, 9.17) is 4.74 Å². The van der Waals surface area contributed by atoms with Gasteiger partial charge in [-0.25, -0.2) is 9.48 Å². The summed E-state index contributed by atoms with van der Waals surface area (Å²) in [4.78, 5) is 23.4. The van der Waals surface area contributed by atoms with Crippen LogP contribution in [0.15, 0.2) is 42.7 Å². The molecule has 0 atom stereocenters. The van der Waals surface area contributed by atoms with E-state index in [-0.39, 0.29) is 18.9 Å². The summed E-state index contributed by atoms with van der Waals surface area (Å²) in [5, 5.41) is 9.58. The molecule has 7 heteroatoms. The molecule has 0 radical (unpaired) electrons. The number of aromatic nitrogens is 2. The molecule has 0 bridgehead atoms. The standard InChI is InChI=1S/C18H24N4O3/c1-18(2,3)25-17(24)19-10-8-16(23)20-13-14-6-4-7-15(12-14)22-11-5-9-21-22/h4-7,9,11-12H,8,10,13H2,1-3H3,(H,19,24)(H,20,23). The molecule has 0 spiro atoms. The van der Waals surface area contributed by atoms with E-state index in [2.05, 4.69) is 15.7 Å². The maximum atomic E-state index is 11.9. The smallest absolute Gasteiger partial charge is 0.407 e. The molecule has 2 rings (SSSR count). The second-order valence-corrected chi connectivity index (χ2v) is 6.58. The Morgan fingerprint density at radius 2 is 2.00 bits per heavy atom. The van der Waals surface area contributed by atoms with Crippen LogP contribution in [-0.2, 0) is 16.1 Å². The zero-order valence-corrected chi connectivity index (χ0v) is 14.8. The van der Waals surface area contributed by atoms with Crippen molar-refractivity contribution in [1.82, 2.24) is 20.4 Å². The van der Waals surface area contributed by atoms with Crippen molar-refractivity contribution < 1.29 is 14.3 Å². The van der Waals surface area contributed by atoms with Gasteiger partial charge in [-0.3, -0.25) is 4.79 Å². The Morgan fingerprint density at radius 3 is 2.68 bits per heavy atom. The topological polar surface area (TPSA) is 85.2 Å². The number of amides is 2. The lowest BCUT2D eigenvalue weighted by molar-refractivity contribution is -0.121. The number of hydrogen-bond acceptors (Lipinski definition) is 4. The van der Waals surface area contributed by atoms with Gasteiger partial charge in [0.25, 0.3) is 0 Å². The lowest BCUT2D eigenvalue weighted by Gasteiger charge is -2.19. The average Bonchev–Trinajstić information content (AvgIpc) is 3.06. The van der Waals surface area contributed by atoms with Gasteiger partial charge in [-0.1, -0.05) is 12.1 Å². The zero-order valence-electron chi connectivity index (χ0n) is 14.8. The molecular formula is C18H24N4O3. The van der Waals surface area contributed by atoms with Gasteiger partial charge in [-0.15, -0.1) is 0 Å². The highest BCUT2D eigenvalue weighted by molar-refractivity contribution is 5.77. The Kier molecular flexibility index (Phi) is 6.16. The van der Waals surface area contributed by atoms with Crippen LogP contribution < -0.4 is 10.6 Å². The van der Waals surface area contributed by atoms with Crippen molar-refractivity contribution in [1.29, 1.82) is 0 Å². The molecule has 0 aliphatic rings. The van der Waals surface area contributed by atoms with Gasteiger partial charge in [-0.05, 0) is 44.5 Å². The Morgan fingerprint density at radius 1 is 1.20 bits per heavy atom. The predicted molar refractivity (Wildman–Crippen MR) is 94.3 cm³/mol. The lowest BCUT2D eigenvalue weighted by atomic mass is 10.2. The second kappa shape index (κ2) is 8.32. The first kappa shape index (κ1) is 18.5. The first-order valence-corrected chi connectivity index (χ1v) is 8.16. The molecule has 0 aliphatic carbocycles. The van der Waals surface area contributed by atoms with Crippen molar-refractivity contribution in [2.45, 2.75) is 39.3 Å². The Balaban J connectivity index is 1.73. The van der Waals surface area contributed by atoms with Crippen LogP contribution in [0.1, 0.15) is 32.8 Å². The SMILES string of the molecule is CC(C)(C)OC(=O)NCCC(=O)NCc1cccc(-n2cccn2)c1. The largest absolute Gasteiger partial charge is 0.444 e. The van der Waals surface area contributed by atoms with Gasteiger partial charge in [0.05, 0.1) is 5.69 Å². The van der Waals surface area contributed by atoms with E-state index in [0.717, 1.165) is 11.3 Å². The van der Waals surface area contributed by atoms with Crippen molar-refractivity contribution in [3.63, 3.8) is 0 Å². The van der Waals surface area contributed by atoms with E-state index < -0.39 is 11.7 Å². The highest BCUT2D eigenvalue weighted by Gasteiger charge is 2.15. The summed E-state index contributed by atoms with van der Waals surface area (Å²) in [5.74, 6) is -0.138. The maximum Gasteiger partial charge on any atom is 0.407 e. The van der Waals surface area contributed by atoms with Crippen LogP contribution >= 0.6 is 0 Å². The molecule has 134 valence electrons. The minimum atomic E-state index is -0.550. The van der Waals surface area contributed by atoms with Crippen LogP contribution in [0.2, 0.25) is 0 Å². The fourth-order valence-corrected chi connectivity index (χ4v) is 2.11. The van der Waals surface area contributed by atoms with Crippen LogP contribution in [0.5, 0.6) is 0 Å². The van der Waals surface area contributed by atoms with Crippen LogP contribution in [0.25, 0.3) is 5.69 Å². The zero-order chi connectivity index (χ0) is 18.3. The molecule has 1 heterocycles. The van der Waals surface area contributed by atoms with Crippen LogP contribution in [0, 0.1) is 0 Å². The third kappa shape index (κ3) is 6.66. The van der Waals surface area contributed by atoms with Crippen molar-refractivity contribution in [2.75, 3.05) is 6.54 Å². The summed E-state index contributed by atoms with van der Waals surface area (Å²) >= 11 is 0. The molecule has 0 saturated carbocycles. The second-order valence-electron chi connectivity index (χ2n) is 6.58. The molecule has 25 heavy (non-hydrogen) atoms. The van der Waals surface area contributed by atoms with E-state index in [1.807, 2.05) is 36.5 Å². The molecule has 7 nitrogen and oxygen atoms in total. The molecule has 1 aromatic carbocycles. The third-order valence-electron chi connectivity index (χ3n) is 3.19. The van der Waals surface area contributed by atoms with E-state index >= 15 is 0 Å². The molecule has 0 fully saturated rings. The van der Waals surface area contributed by atoms with E-state index in [1.165, 1.54) is 0 Å². The van der Waals surface area contributed by atoms with E-state index in [0.29, 0.717) is 6.54 Å². The molecule has 0 unspecified atom stereocenters. The van der Waals surface area contributed by atoms with Crippen molar-refractivity contribution in [3.8, 4) is 5.69 Å². The number of nitrogens with one attached hydrogen (secondary N) is 2. The van der Waals surface area contributed by atoms with Crippen molar-refractivity contribution in [3.05, 3.63) is 48.3 Å². The lowest BCUT2D eigenvalue weighted by Crippen LogP contribution is -2.35. The van der Waals surface area contributed by atoms with Gasteiger partial charge in [0.15, 0.2) is 0 Å². The fraction of sp³-hybridized carbons (Fsp3) is 0.389. The van der Waals surface area contributed by atoms with E-state index in [1.54, 1.807) is 31.6 Å². The normalized spacial score (nSPS) is 11.0. The van der Waals surface area contributed by atoms with Gasteiger partial charge in [-0.2, -0.15) is 5.10 Å². The van der Waals surface area contributed by atoms with Crippen LogP contribution in [-0.4, -0.2) is 33.9 Å². The molecule has 0 saturated heterocycles. The van der Waals surface area contributed by atoms with E-state index in [9.17, 15) is 9.59 Å². The summed E-state index contributed by atoms with van der Waals surface area (Å²) in [7, 11) is 0. The number of ether oxygens (including phenoxy) is 1. The van der Waals surface area contributed by atoms with Gasteiger partial charge in [0, 0.05) is 31.9 Å². The molecule has 0 aliphatic heterocycles. The number of rotatable bonds is 6. The van der Waals surface area contributed by atoms with Crippen molar-refractivity contribution in [2.24, 2.45) is 0 Å². The molecule has 2 amide bonds. The monoisotopic (exact) mass is 344 g/mol. The summed E-state index contributed by atoms with van der Waals surface area (Å²) in [6, 6.07) is 9.62. The number of carbonyl (C=O) groups excluding carboxylic acids is 2. The predicted octanol–water partition coefficient (Wildman–Crippen LogP) is 2.40. The Hall–Kier alpha value is -2.83. The molecule has 2 N–H and O–H groups in total. The fourth-order valence-electron chi connectivity index (χ4n) is 2.11. The summed E-state index contributed by atoms with van der Waals surface area (Å²) < 4.78 is 6.87. The highest BCUT2D eigenvalue weighted by atomic mass is 16.6. The quantitative estimate of drug-likeness (QED) is 0.843. The molecule has 1 aromatic heterocycles. The number of benzene rings is 1. The number of hydrogen-bond donors (Lipinski definition) is 2. The van der Waals surface area contributed by atoms with Gasteiger partial charge in [0.1, 0.15) is 5.60 Å². The highest BCUT2D eigenvalue weighted by Crippen LogP contribution is 2.09. The average molecular weight is 344 g/mol. The number of carbonyl (C=O) groups is 2. The first-order valence-electron chi connectivity index (χ1n) is 8.16. The summed E-state index contributed by atoms with van der Waals surface area (Å²) in [6.45, 7) is 6.01. The van der Waals surface area contributed by atoms with Gasteiger partial charge in [0.2, 0.25) is 5.91 Å². The minimum Gasteiger partial charge on any atom is -0.444 e. The van der Waals surface area contributed by atoms with Crippen molar-refractivity contribution >= 4 is 12.0 Å². The third-order valence-corrected chi connectivity index (χ3v) is 3.19. The molecular weight excluding hydrogens is 320 g/mol. The Bertz CT molecular complexity index is 705. The van der Waals surface area contributed by atoms with Gasteiger partial charge < -0.3 is 15.4 Å². The summed E-state index contributed by atoms with van der Waals surface area (Å²) in [5.41, 5.74) is 1.36. The summed E-state index contributed by atoms with van der Waals surface area (Å²) in [6.07, 6.45) is 3.25. The maximum absolute atomic E-state index is 11.9. The Labute approximate surface area is 147 Å². The minimum absolute atomic E-state index is 0.138.